The molecule has 0 radical (unpaired) electrons. The summed E-state index contributed by atoms with van der Waals surface area (Å²) in [6.07, 6.45) is -2.74. The van der Waals surface area contributed by atoms with Crippen molar-refractivity contribution in [3.63, 3.8) is 0 Å². The molecule has 1 aromatic carbocycles. The van der Waals surface area contributed by atoms with Crippen molar-refractivity contribution in [1.82, 2.24) is 0 Å². The number of rotatable bonds is 2. The molecule has 112 valence electrons. The smallest absolute Gasteiger partial charge is 0.324 e. The van der Waals surface area contributed by atoms with Crippen LogP contribution in [-0.4, -0.2) is 6.18 Å². The highest BCUT2D eigenvalue weighted by Crippen LogP contribution is 2.43. The first kappa shape index (κ1) is 15.3. The number of halogens is 4. The summed E-state index contributed by atoms with van der Waals surface area (Å²) in [4.78, 5) is 0. The second-order valence-corrected chi connectivity index (χ2v) is 5.75. The third-order valence-electron chi connectivity index (χ3n) is 4.13. The van der Waals surface area contributed by atoms with E-state index in [-0.39, 0.29) is 18.8 Å². The van der Waals surface area contributed by atoms with Gasteiger partial charge in [0.25, 0.3) is 0 Å². The van der Waals surface area contributed by atoms with Gasteiger partial charge in [0, 0.05) is 6.04 Å². The van der Waals surface area contributed by atoms with Crippen LogP contribution >= 0.6 is 0 Å². The monoisotopic (exact) mass is 289 g/mol. The number of hydrogen-bond acceptors (Lipinski definition) is 1. The molecule has 0 spiro atoms. The first-order chi connectivity index (χ1) is 9.27. The lowest BCUT2D eigenvalue weighted by atomic mass is 9.76. The van der Waals surface area contributed by atoms with Crippen LogP contribution in [0.15, 0.2) is 18.2 Å². The molecule has 1 fully saturated rings. The molecule has 0 bridgehead atoms. The van der Waals surface area contributed by atoms with E-state index in [4.69, 9.17) is 5.73 Å². The predicted octanol–water partition coefficient (Wildman–Crippen LogP) is 4.50. The molecule has 1 aliphatic rings. The van der Waals surface area contributed by atoms with Crippen LogP contribution in [0, 0.1) is 24.6 Å². The SMILES string of the molecule is Cc1cc(F)cc(C(N)C2CCCC(C(F)(F)F)C2)c1. The Morgan fingerprint density at radius 1 is 1.20 bits per heavy atom. The molecule has 1 aliphatic carbocycles. The van der Waals surface area contributed by atoms with Crippen LogP contribution in [-0.2, 0) is 0 Å². The Morgan fingerprint density at radius 3 is 2.50 bits per heavy atom. The molecule has 0 saturated heterocycles. The maximum absolute atomic E-state index is 13.4. The zero-order chi connectivity index (χ0) is 14.9. The molecule has 20 heavy (non-hydrogen) atoms. The molecular weight excluding hydrogens is 270 g/mol. The van der Waals surface area contributed by atoms with Crippen molar-refractivity contribution in [2.75, 3.05) is 0 Å². The van der Waals surface area contributed by atoms with Crippen LogP contribution in [0.2, 0.25) is 0 Å². The minimum Gasteiger partial charge on any atom is -0.324 e. The van der Waals surface area contributed by atoms with Crippen LogP contribution in [0.4, 0.5) is 17.6 Å². The van der Waals surface area contributed by atoms with Crippen molar-refractivity contribution in [3.8, 4) is 0 Å². The lowest BCUT2D eigenvalue weighted by molar-refractivity contribution is -0.186. The first-order valence-corrected chi connectivity index (χ1v) is 6.86. The van der Waals surface area contributed by atoms with Gasteiger partial charge in [0.1, 0.15) is 5.82 Å². The Kier molecular flexibility index (Phi) is 4.37. The largest absolute Gasteiger partial charge is 0.391 e. The van der Waals surface area contributed by atoms with Crippen LogP contribution in [0.3, 0.4) is 0 Å². The molecule has 2 rings (SSSR count). The molecular formula is C15H19F4N. The minimum atomic E-state index is -4.16. The van der Waals surface area contributed by atoms with Gasteiger partial charge in [0.05, 0.1) is 5.92 Å². The third kappa shape index (κ3) is 3.51. The molecule has 0 amide bonds. The fourth-order valence-corrected chi connectivity index (χ4v) is 3.08. The van der Waals surface area contributed by atoms with Crippen molar-refractivity contribution in [3.05, 3.63) is 35.1 Å². The maximum Gasteiger partial charge on any atom is 0.391 e. The second-order valence-electron chi connectivity index (χ2n) is 5.75. The average molecular weight is 289 g/mol. The Hall–Kier alpha value is -1.10. The Labute approximate surface area is 116 Å². The standard InChI is InChI=1S/C15H19F4N/c1-9-5-11(8-13(16)6-9)14(20)10-3-2-4-12(7-10)15(17,18)19/h5-6,8,10,12,14H,2-4,7,20H2,1H3. The quantitative estimate of drug-likeness (QED) is 0.797. The third-order valence-corrected chi connectivity index (χ3v) is 4.13. The summed E-state index contributed by atoms with van der Waals surface area (Å²) in [5, 5.41) is 0. The van der Waals surface area contributed by atoms with Gasteiger partial charge in [-0.15, -0.1) is 0 Å². The van der Waals surface area contributed by atoms with Crippen molar-refractivity contribution in [2.45, 2.75) is 44.8 Å². The zero-order valence-corrected chi connectivity index (χ0v) is 11.4. The summed E-state index contributed by atoms with van der Waals surface area (Å²) in [6.45, 7) is 1.75. The summed E-state index contributed by atoms with van der Waals surface area (Å²) in [5.74, 6) is -1.91. The van der Waals surface area contributed by atoms with Gasteiger partial charge in [0.15, 0.2) is 0 Å². The number of nitrogens with two attached hydrogens (primary N) is 1. The topological polar surface area (TPSA) is 26.0 Å². The molecule has 0 aromatic heterocycles. The van der Waals surface area contributed by atoms with Crippen molar-refractivity contribution in [2.24, 2.45) is 17.6 Å². The number of benzene rings is 1. The van der Waals surface area contributed by atoms with Gasteiger partial charge in [-0.05, 0) is 55.4 Å². The van der Waals surface area contributed by atoms with Gasteiger partial charge in [0.2, 0.25) is 0 Å². The molecule has 1 saturated carbocycles. The van der Waals surface area contributed by atoms with Gasteiger partial charge >= 0.3 is 6.18 Å². The Morgan fingerprint density at radius 2 is 1.90 bits per heavy atom. The Balaban J connectivity index is 2.14. The predicted molar refractivity (Wildman–Crippen MR) is 69.6 cm³/mol. The highest BCUT2D eigenvalue weighted by atomic mass is 19.4. The highest BCUT2D eigenvalue weighted by Gasteiger charge is 2.43. The van der Waals surface area contributed by atoms with E-state index in [1.165, 1.54) is 12.1 Å². The van der Waals surface area contributed by atoms with Crippen LogP contribution in [0.25, 0.3) is 0 Å². The zero-order valence-electron chi connectivity index (χ0n) is 11.4. The van der Waals surface area contributed by atoms with E-state index < -0.39 is 24.0 Å². The van der Waals surface area contributed by atoms with E-state index in [9.17, 15) is 17.6 Å². The molecule has 2 N–H and O–H groups in total. The minimum absolute atomic E-state index is 0.0419. The average Bonchev–Trinajstić information content (AvgIpc) is 2.36. The van der Waals surface area contributed by atoms with E-state index in [0.29, 0.717) is 18.4 Å². The van der Waals surface area contributed by atoms with E-state index in [1.54, 1.807) is 13.0 Å². The van der Waals surface area contributed by atoms with Crippen molar-refractivity contribution < 1.29 is 17.6 Å². The molecule has 3 unspecified atom stereocenters. The molecule has 0 aliphatic heterocycles. The molecule has 1 nitrogen and oxygen atoms in total. The number of hydrogen-bond donors (Lipinski definition) is 1. The van der Waals surface area contributed by atoms with Gasteiger partial charge in [-0.1, -0.05) is 12.5 Å². The first-order valence-electron chi connectivity index (χ1n) is 6.86. The fraction of sp³-hybridized carbons (Fsp3) is 0.600. The van der Waals surface area contributed by atoms with Crippen LogP contribution in [0.1, 0.15) is 42.9 Å². The molecule has 3 atom stereocenters. The fourth-order valence-electron chi connectivity index (χ4n) is 3.08. The summed E-state index contributed by atoms with van der Waals surface area (Å²) >= 11 is 0. The summed E-state index contributed by atoms with van der Waals surface area (Å²) in [5.41, 5.74) is 7.41. The van der Waals surface area contributed by atoms with E-state index >= 15 is 0 Å². The second kappa shape index (κ2) is 5.72. The lowest BCUT2D eigenvalue weighted by Gasteiger charge is -2.34. The van der Waals surface area contributed by atoms with E-state index in [2.05, 4.69) is 0 Å². The normalized spacial score (nSPS) is 25.5. The number of alkyl halides is 3. The molecule has 5 heteroatoms. The summed E-state index contributed by atoms with van der Waals surface area (Å²) in [7, 11) is 0. The highest BCUT2D eigenvalue weighted by molar-refractivity contribution is 5.26. The summed E-state index contributed by atoms with van der Waals surface area (Å²) < 4.78 is 51.8. The summed E-state index contributed by atoms with van der Waals surface area (Å²) in [6, 6.07) is 3.93. The van der Waals surface area contributed by atoms with Crippen LogP contribution < -0.4 is 5.73 Å². The molecule has 1 aromatic rings. The van der Waals surface area contributed by atoms with Gasteiger partial charge in [-0.25, -0.2) is 4.39 Å². The van der Waals surface area contributed by atoms with Crippen LogP contribution in [0.5, 0.6) is 0 Å². The van der Waals surface area contributed by atoms with Gasteiger partial charge < -0.3 is 5.73 Å². The van der Waals surface area contributed by atoms with Gasteiger partial charge in [-0.2, -0.15) is 13.2 Å². The van der Waals surface area contributed by atoms with Crippen molar-refractivity contribution >= 4 is 0 Å². The van der Waals surface area contributed by atoms with Crippen molar-refractivity contribution in [1.29, 1.82) is 0 Å². The Bertz CT molecular complexity index is 449. The number of aryl methyl sites for hydroxylation is 1. The lowest BCUT2D eigenvalue weighted by Crippen LogP contribution is -2.33. The molecule has 0 heterocycles. The maximum atomic E-state index is 13.4. The van der Waals surface area contributed by atoms with E-state index in [0.717, 1.165) is 5.56 Å². The van der Waals surface area contributed by atoms with Gasteiger partial charge in [-0.3, -0.25) is 0 Å². The van der Waals surface area contributed by atoms with E-state index in [1.807, 2.05) is 0 Å².